The predicted octanol–water partition coefficient (Wildman–Crippen LogP) is 1.26. The minimum Gasteiger partial charge on any atom is -0.372 e. The summed E-state index contributed by atoms with van der Waals surface area (Å²) < 4.78 is 5.22. The van der Waals surface area contributed by atoms with Crippen molar-refractivity contribution in [1.29, 1.82) is 0 Å². The number of hydrogen-bond acceptors (Lipinski definition) is 2. The summed E-state index contributed by atoms with van der Waals surface area (Å²) in [6, 6.07) is 0. The zero-order valence-corrected chi connectivity index (χ0v) is 7.47. The minimum absolute atomic E-state index is 0.436. The summed E-state index contributed by atoms with van der Waals surface area (Å²) in [7, 11) is 0. The smallest absolute Gasteiger partial charge is 0.0936 e. The lowest BCUT2D eigenvalue weighted by Gasteiger charge is -2.30. The fourth-order valence-electron chi connectivity index (χ4n) is 1.92. The summed E-state index contributed by atoms with van der Waals surface area (Å²) in [5.41, 5.74) is 0.436. The van der Waals surface area contributed by atoms with E-state index in [1.807, 2.05) is 0 Å². The van der Waals surface area contributed by atoms with Crippen molar-refractivity contribution in [2.24, 2.45) is 0 Å². The first kappa shape index (κ1) is 7.56. The van der Waals surface area contributed by atoms with Crippen LogP contribution in [0.4, 0.5) is 0 Å². The highest BCUT2D eigenvalue weighted by molar-refractivity contribution is 4.90. The van der Waals surface area contributed by atoms with Crippen molar-refractivity contribution >= 4 is 0 Å². The van der Waals surface area contributed by atoms with E-state index < -0.39 is 0 Å². The molecule has 0 aromatic heterocycles. The van der Waals surface area contributed by atoms with Crippen LogP contribution in [0.2, 0.25) is 0 Å². The topological polar surface area (TPSA) is 15.8 Å². The molecule has 0 aromatic rings. The lowest BCUT2D eigenvalue weighted by atomic mass is 10.0. The highest BCUT2D eigenvalue weighted by atomic mass is 16.6. The summed E-state index contributed by atoms with van der Waals surface area (Å²) in [5.74, 6) is 0. The number of epoxide rings is 1. The average molecular weight is 155 g/mol. The second-order valence-electron chi connectivity index (χ2n) is 4.32. The molecule has 0 N–H and O–H groups in total. The van der Waals surface area contributed by atoms with Gasteiger partial charge in [0, 0.05) is 12.1 Å². The first-order chi connectivity index (χ1) is 5.18. The summed E-state index contributed by atoms with van der Waals surface area (Å²) in [6.07, 6.45) is 3.27. The third kappa shape index (κ3) is 1.57. The average Bonchev–Trinajstić information content (AvgIpc) is 2.63. The van der Waals surface area contributed by atoms with Crippen molar-refractivity contribution in [3.05, 3.63) is 0 Å². The van der Waals surface area contributed by atoms with Crippen molar-refractivity contribution in [3.63, 3.8) is 0 Å². The fraction of sp³-hybridized carbons (Fsp3) is 1.00. The van der Waals surface area contributed by atoms with E-state index in [1.54, 1.807) is 0 Å². The summed E-state index contributed by atoms with van der Waals surface area (Å²) in [5, 5.41) is 0. The molecule has 0 radical (unpaired) electrons. The molecule has 0 spiro atoms. The molecule has 11 heavy (non-hydrogen) atoms. The summed E-state index contributed by atoms with van der Waals surface area (Å²) in [6.45, 7) is 8.09. The van der Waals surface area contributed by atoms with Gasteiger partial charge in [0.05, 0.1) is 12.7 Å². The molecule has 0 aliphatic carbocycles. The lowest BCUT2D eigenvalue weighted by Crippen LogP contribution is -2.40. The summed E-state index contributed by atoms with van der Waals surface area (Å²) in [4.78, 5) is 2.56. The van der Waals surface area contributed by atoms with E-state index >= 15 is 0 Å². The van der Waals surface area contributed by atoms with Gasteiger partial charge in [0.1, 0.15) is 0 Å². The second kappa shape index (κ2) is 2.46. The molecule has 64 valence electrons. The first-order valence-electron chi connectivity index (χ1n) is 4.55. The Morgan fingerprint density at radius 1 is 1.55 bits per heavy atom. The molecular weight excluding hydrogens is 138 g/mol. The molecule has 2 aliphatic heterocycles. The molecule has 0 bridgehead atoms. The van der Waals surface area contributed by atoms with E-state index in [0.717, 1.165) is 13.2 Å². The second-order valence-corrected chi connectivity index (χ2v) is 4.32. The standard InChI is InChI=1S/C9H17NO/c1-9(2)4-3-5-10(9)6-8-7-11-8/h8H,3-7H2,1-2H3. The van der Waals surface area contributed by atoms with Crippen LogP contribution in [0.15, 0.2) is 0 Å². The number of likely N-dealkylation sites (tertiary alicyclic amines) is 1. The predicted molar refractivity (Wildman–Crippen MR) is 44.6 cm³/mol. The molecule has 2 heterocycles. The van der Waals surface area contributed by atoms with E-state index in [4.69, 9.17) is 4.74 Å². The van der Waals surface area contributed by atoms with Crippen LogP contribution in [0.1, 0.15) is 26.7 Å². The normalized spacial score (nSPS) is 36.0. The Balaban J connectivity index is 1.90. The van der Waals surface area contributed by atoms with Crippen molar-refractivity contribution in [3.8, 4) is 0 Å². The van der Waals surface area contributed by atoms with Crippen LogP contribution < -0.4 is 0 Å². The van der Waals surface area contributed by atoms with E-state index in [0.29, 0.717) is 11.6 Å². The highest BCUT2D eigenvalue weighted by Gasteiger charge is 2.36. The van der Waals surface area contributed by atoms with Crippen LogP contribution in [0.3, 0.4) is 0 Å². The summed E-state index contributed by atoms with van der Waals surface area (Å²) >= 11 is 0. The van der Waals surface area contributed by atoms with Gasteiger partial charge >= 0.3 is 0 Å². The molecule has 0 aromatic carbocycles. The van der Waals surface area contributed by atoms with Crippen molar-refractivity contribution in [1.82, 2.24) is 4.90 Å². The Morgan fingerprint density at radius 3 is 2.73 bits per heavy atom. The van der Waals surface area contributed by atoms with Crippen molar-refractivity contribution < 1.29 is 4.74 Å². The molecule has 2 fully saturated rings. The Morgan fingerprint density at radius 2 is 2.27 bits per heavy atom. The molecule has 2 rings (SSSR count). The van der Waals surface area contributed by atoms with E-state index in [9.17, 15) is 0 Å². The third-order valence-corrected chi connectivity index (χ3v) is 2.90. The van der Waals surface area contributed by atoms with Gasteiger partial charge < -0.3 is 4.74 Å². The van der Waals surface area contributed by atoms with Gasteiger partial charge in [-0.3, -0.25) is 4.90 Å². The quantitative estimate of drug-likeness (QED) is 0.558. The maximum absolute atomic E-state index is 5.22. The van der Waals surface area contributed by atoms with Gasteiger partial charge in [0.25, 0.3) is 0 Å². The number of hydrogen-bond donors (Lipinski definition) is 0. The van der Waals surface area contributed by atoms with Crippen LogP contribution >= 0.6 is 0 Å². The molecule has 2 saturated heterocycles. The van der Waals surface area contributed by atoms with Crippen LogP contribution in [-0.2, 0) is 4.74 Å². The molecule has 0 saturated carbocycles. The molecule has 2 heteroatoms. The number of nitrogens with zero attached hydrogens (tertiary/aromatic N) is 1. The van der Waals surface area contributed by atoms with E-state index in [1.165, 1.54) is 19.4 Å². The lowest BCUT2D eigenvalue weighted by molar-refractivity contribution is 0.159. The van der Waals surface area contributed by atoms with Gasteiger partial charge in [0.15, 0.2) is 0 Å². The maximum atomic E-state index is 5.22. The zero-order valence-electron chi connectivity index (χ0n) is 7.47. The Labute approximate surface area is 68.5 Å². The van der Waals surface area contributed by atoms with Crippen molar-refractivity contribution in [2.75, 3.05) is 19.7 Å². The largest absolute Gasteiger partial charge is 0.372 e. The fourth-order valence-corrected chi connectivity index (χ4v) is 1.92. The van der Waals surface area contributed by atoms with E-state index in [2.05, 4.69) is 18.7 Å². The Hall–Kier alpha value is -0.0800. The van der Waals surface area contributed by atoms with Crippen molar-refractivity contribution in [2.45, 2.75) is 38.3 Å². The van der Waals surface area contributed by atoms with Gasteiger partial charge in [-0.25, -0.2) is 0 Å². The molecule has 0 amide bonds. The highest BCUT2D eigenvalue weighted by Crippen LogP contribution is 2.29. The molecule has 1 unspecified atom stereocenters. The van der Waals surface area contributed by atoms with Gasteiger partial charge in [-0.05, 0) is 33.2 Å². The Kier molecular flexibility index (Phi) is 1.69. The van der Waals surface area contributed by atoms with Crippen LogP contribution in [0.5, 0.6) is 0 Å². The van der Waals surface area contributed by atoms with Crippen LogP contribution in [0, 0.1) is 0 Å². The zero-order chi connectivity index (χ0) is 7.90. The monoisotopic (exact) mass is 155 g/mol. The van der Waals surface area contributed by atoms with E-state index in [-0.39, 0.29) is 0 Å². The van der Waals surface area contributed by atoms with Crippen LogP contribution in [0.25, 0.3) is 0 Å². The third-order valence-electron chi connectivity index (χ3n) is 2.90. The maximum Gasteiger partial charge on any atom is 0.0936 e. The minimum atomic E-state index is 0.436. The van der Waals surface area contributed by atoms with Crippen LogP contribution in [-0.4, -0.2) is 36.2 Å². The molecular formula is C9H17NO. The SMILES string of the molecule is CC1(C)CCCN1CC1CO1. The van der Waals surface area contributed by atoms with Gasteiger partial charge in [-0.1, -0.05) is 0 Å². The Bertz CT molecular complexity index is 152. The van der Waals surface area contributed by atoms with Gasteiger partial charge in [-0.15, -0.1) is 0 Å². The molecule has 2 nitrogen and oxygen atoms in total. The van der Waals surface area contributed by atoms with Gasteiger partial charge in [0.2, 0.25) is 0 Å². The first-order valence-corrected chi connectivity index (χ1v) is 4.55. The van der Waals surface area contributed by atoms with Gasteiger partial charge in [-0.2, -0.15) is 0 Å². The number of ether oxygens (including phenoxy) is 1. The molecule has 2 aliphatic rings. The number of rotatable bonds is 2. The molecule has 1 atom stereocenters.